The fourth-order valence-electron chi connectivity index (χ4n) is 3.60. The van der Waals surface area contributed by atoms with Crippen LogP contribution >= 0.6 is 0 Å². The standard InChI is InChI=1S/C21H32N2O3/c1-15(2)12-19(22-21(25)26-4)20(24)23-11-5-6-18(14-23)13-17-9-7-16(3)8-10-17/h7-10,15,18-19H,5-6,11-14H2,1-4H3,(H,22,25)/t18-,19-/m1/s1. The predicted molar refractivity (Wildman–Crippen MR) is 103 cm³/mol. The summed E-state index contributed by atoms with van der Waals surface area (Å²) in [5, 5.41) is 2.71. The van der Waals surface area contributed by atoms with Crippen LogP contribution in [0, 0.1) is 18.8 Å². The van der Waals surface area contributed by atoms with Crippen molar-refractivity contribution in [3.8, 4) is 0 Å². The van der Waals surface area contributed by atoms with Crippen molar-refractivity contribution in [2.24, 2.45) is 11.8 Å². The maximum atomic E-state index is 13.0. The SMILES string of the molecule is COC(=O)N[C@H](CC(C)C)C(=O)N1CCC[C@H](Cc2ccc(C)cc2)C1. The average molecular weight is 360 g/mol. The number of ether oxygens (including phenoxy) is 1. The number of piperidine rings is 1. The highest BCUT2D eigenvalue weighted by Crippen LogP contribution is 2.22. The summed E-state index contributed by atoms with van der Waals surface area (Å²) < 4.78 is 4.69. The van der Waals surface area contributed by atoms with Gasteiger partial charge in [-0.2, -0.15) is 0 Å². The quantitative estimate of drug-likeness (QED) is 0.844. The van der Waals surface area contributed by atoms with Crippen LogP contribution in [0.25, 0.3) is 0 Å². The van der Waals surface area contributed by atoms with Crippen molar-refractivity contribution >= 4 is 12.0 Å². The summed E-state index contributed by atoms with van der Waals surface area (Å²) >= 11 is 0. The molecule has 5 nitrogen and oxygen atoms in total. The molecule has 0 saturated carbocycles. The van der Waals surface area contributed by atoms with E-state index in [9.17, 15) is 9.59 Å². The van der Waals surface area contributed by atoms with Crippen LogP contribution in [-0.2, 0) is 16.0 Å². The Morgan fingerprint density at radius 1 is 1.27 bits per heavy atom. The molecule has 1 heterocycles. The molecule has 1 aromatic carbocycles. The maximum absolute atomic E-state index is 13.0. The van der Waals surface area contributed by atoms with Crippen LogP contribution in [0.3, 0.4) is 0 Å². The first kappa shape index (κ1) is 20.3. The van der Waals surface area contributed by atoms with Crippen molar-refractivity contribution in [1.29, 1.82) is 0 Å². The molecule has 0 bridgehead atoms. The van der Waals surface area contributed by atoms with Crippen molar-refractivity contribution in [2.45, 2.75) is 52.5 Å². The molecule has 1 fully saturated rings. The first-order valence-electron chi connectivity index (χ1n) is 9.57. The molecule has 144 valence electrons. The number of amides is 2. The number of benzene rings is 1. The number of hydrogen-bond donors (Lipinski definition) is 1. The van der Waals surface area contributed by atoms with Gasteiger partial charge in [0.2, 0.25) is 5.91 Å². The molecule has 26 heavy (non-hydrogen) atoms. The van der Waals surface area contributed by atoms with E-state index in [2.05, 4.69) is 55.1 Å². The number of carbonyl (C=O) groups is 2. The third-order valence-electron chi connectivity index (χ3n) is 4.96. The fourth-order valence-corrected chi connectivity index (χ4v) is 3.60. The third kappa shape index (κ3) is 6.04. The molecule has 0 aromatic heterocycles. The Kier molecular flexibility index (Phi) is 7.49. The summed E-state index contributed by atoms with van der Waals surface area (Å²) in [5.74, 6) is 0.792. The Bertz CT molecular complexity index is 598. The van der Waals surface area contributed by atoms with E-state index in [4.69, 9.17) is 0 Å². The number of alkyl carbamates (subject to hydrolysis) is 1. The smallest absolute Gasteiger partial charge is 0.407 e. The van der Waals surface area contributed by atoms with Crippen molar-refractivity contribution in [3.05, 3.63) is 35.4 Å². The highest BCUT2D eigenvalue weighted by Gasteiger charge is 2.30. The van der Waals surface area contributed by atoms with E-state index in [1.807, 2.05) is 4.90 Å². The molecule has 5 heteroatoms. The van der Waals surface area contributed by atoms with Gasteiger partial charge in [-0.1, -0.05) is 43.7 Å². The molecular formula is C21H32N2O3. The van der Waals surface area contributed by atoms with Gasteiger partial charge in [0.1, 0.15) is 6.04 Å². The zero-order valence-electron chi connectivity index (χ0n) is 16.5. The predicted octanol–water partition coefficient (Wildman–Crippen LogP) is 3.55. The van der Waals surface area contributed by atoms with E-state index in [0.29, 0.717) is 18.3 Å². The number of nitrogens with zero attached hydrogens (tertiary/aromatic N) is 1. The van der Waals surface area contributed by atoms with Gasteiger partial charge < -0.3 is 15.0 Å². The second kappa shape index (κ2) is 9.60. The second-order valence-corrected chi connectivity index (χ2v) is 7.80. The Morgan fingerprint density at radius 2 is 1.96 bits per heavy atom. The number of carbonyl (C=O) groups excluding carboxylic acids is 2. The minimum atomic E-state index is -0.544. The number of likely N-dealkylation sites (tertiary alicyclic amines) is 1. The fraction of sp³-hybridized carbons (Fsp3) is 0.619. The Hall–Kier alpha value is -2.04. The van der Waals surface area contributed by atoms with Gasteiger partial charge in [0.05, 0.1) is 7.11 Å². The largest absolute Gasteiger partial charge is 0.453 e. The van der Waals surface area contributed by atoms with E-state index >= 15 is 0 Å². The van der Waals surface area contributed by atoms with Gasteiger partial charge in [0, 0.05) is 13.1 Å². The zero-order chi connectivity index (χ0) is 19.1. The summed E-state index contributed by atoms with van der Waals surface area (Å²) in [5.41, 5.74) is 2.58. The molecular weight excluding hydrogens is 328 g/mol. The van der Waals surface area contributed by atoms with Gasteiger partial charge in [-0.25, -0.2) is 4.79 Å². The van der Waals surface area contributed by atoms with Crippen LogP contribution in [0.15, 0.2) is 24.3 Å². The van der Waals surface area contributed by atoms with Gasteiger partial charge in [-0.05, 0) is 50.0 Å². The second-order valence-electron chi connectivity index (χ2n) is 7.80. The van der Waals surface area contributed by atoms with Crippen LogP contribution in [0.1, 0.15) is 44.2 Å². The molecule has 2 rings (SSSR count). The number of rotatable bonds is 6. The minimum absolute atomic E-state index is 0.0118. The molecule has 0 spiro atoms. The van der Waals surface area contributed by atoms with Crippen LogP contribution in [0.2, 0.25) is 0 Å². The lowest BCUT2D eigenvalue weighted by atomic mass is 9.90. The van der Waals surface area contributed by atoms with E-state index in [0.717, 1.165) is 32.4 Å². The van der Waals surface area contributed by atoms with Crippen LogP contribution in [0.5, 0.6) is 0 Å². The van der Waals surface area contributed by atoms with Crippen molar-refractivity contribution in [2.75, 3.05) is 20.2 Å². The normalized spacial score (nSPS) is 18.5. The summed E-state index contributed by atoms with van der Waals surface area (Å²) in [7, 11) is 1.32. The number of hydrogen-bond acceptors (Lipinski definition) is 3. The monoisotopic (exact) mass is 360 g/mol. The van der Waals surface area contributed by atoms with E-state index < -0.39 is 12.1 Å². The molecule has 0 radical (unpaired) electrons. The molecule has 1 aliphatic rings. The van der Waals surface area contributed by atoms with Crippen LogP contribution in [-0.4, -0.2) is 43.1 Å². The Morgan fingerprint density at radius 3 is 2.58 bits per heavy atom. The summed E-state index contributed by atoms with van der Waals surface area (Å²) in [6.07, 6.45) is 3.21. The molecule has 2 amide bonds. The molecule has 1 aromatic rings. The third-order valence-corrected chi connectivity index (χ3v) is 4.96. The summed E-state index contributed by atoms with van der Waals surface area (Å²) in [6.45, 7) is 7.71. The van der Waals surface area contributed by atoms with Crippen LogP contribution < -0.4 is 5.32 Å². The summed E-state index contributed by atoms with van der Waals surface area (Å²) in [4.78, 5) is 26.5. The van der Waals surface area contributed by atoms with E-state index in [1.54, 1.807) is 0 Å². The lowest BCUT2D eigenvalue weighted by molar-refractivity contribution is -0.135. The molecule has 1 N–H and O–H groups in total. The highest BCUT2D eigenvalue weighted by molar-refractivity contribution is 5.85. The Labute approximate surface area is 157 Å². The number of methoxy groups -OCH3 is 1. The lowest BCUT2D eigenvalue weighted by Gasteiger charge is -2.35. The number of aryl methyl sites for hydroxylation is 1. The first-order chi connectivity index (χ1) is 12.4. The van der Waals surface area contributed by atoms with Crippen molar-refractivity contribution in [3.63, 3.8) is 0 Å². The number of nitrogens with one attached hydrogen (secondary N) is 1. The van der Waals surface area contributed by atoms with Gasteiger partial charge in [-0.15, -0.1) is 0 Å². The van der Waals surface area contributed by atoms with Gasteiger partial charge in [-0.3, -0.25) is 4.79 Å². The van der Waals surface area contributed by atoms with Gasteiger partial charge >= 0.3 is 6.09 Å². The molecule has 0 unspecified atom stereocenters. The van der Waals surface area contributed by atoms with Crippen molar-refractivity contribution in [1.82, 2.24) is 10.2 Å². The Balaban J connectivity index is 1.99. The molecule has 1 aliphatic heterocycles. The van der Waals surface area contributed by atoms with E-state index in [-0.39, 0.29) is 5.91 Å². The molecule has 2 atom stereocenters. The minimum Gasteiger partial charge on any atom is -0.453 e. The topological polar surface area (TPSA) is 58.6 Å². The van der Waals surface area contributed by atoms with Crippen molar-refractivity contribution < 1.29 is 14.3 Å². The van der Waals surface area contributed by atoms with E-state index in [1.165, 1.54) is 18.2 Å². The molecule has 0 aliphatic carbocycles. The van der Waals surface area contributed by atoms with Gasteiger partial charge in [0.25, 0.3) is 0 Å². The molecule has 1 saturated heterocycles. The zero-order valence-corrected chi connectivity index (χ0v) is 16.5. The highest BCUT2D eigenvalue weighted by atomic mass is 16.5. The maximum Gasteiger partial charge on any atom is 0.407 e. The average Bonchev–Trinajstić information content (AvgIpc) is 2.62. The summed E-state index contributed by atoms with van der Waals surface area (Å²) in [6, 6.07) is 8.12. The lowest BCUT2D eigenvalue weighted by Crippen LogP contribution is -2.52. The van der Waals surface area contributed by atoms with Crippen LogP contribution in [0.4, 0.5) is 4.79 Å². The first-order valence-corrected chi connectivity index (χ1v) is 9.57. The van der Waals surface area contributed by atoms with Gasteiger partial charge in [0.15, 0.2) is 0 Å².